The molecule has 3 aromatic rings. The number of rotatable bonds is 3. The minimum atomic E-state index is 0.126. The Balaban J connectivity index is 1.53. The van der Waals surface area contributed by atoms with Gasteiger partial charge in [-0.05, 0) is 41.9 Å². The summed E-state index contributed by atoms with van der Waals surface area (Å²) in [6, 6.07) is 6.83. The molecular formula is C24H29N5O. The first-order chi connectivity index (χ1) is 14.5. The number of fused-ring (bicyclic) bond motifs is 2. The van der Waals surface area contributed by atoms with Crippen LogP contribution in [0.3, 0.4) is 0 Å². The number of nitrogens with zero attached hydrogens (tertiary/aromatic N) is 3. The van der Waals surface area contributed by atoms with Crippen LogP contribution < -0.4 is 15.8 Å². The molecule has 5 rings (SSSR count). The lowest BCUT2D eigenvalue weighted by Gasteiger charge is -2.32. The summed E-state index contributed by atoms with van der Waals surface area (Å²) in [6.45, 7) is 5.29. The molecule has 0 radical (unpaired) electrons. The van der Waals surface area contributed by atoms with E-state index in [2.05, 4.69) is 47.3 Å². The third-order valence-corrected chi connectivity index (χ3v) is 6.63. The molecule has 1 aliphatic carbocycles. The van der Waals surface area contributed by atoms with E-state index in [1.807, 2.05) is 18.6 Å². The number of aromatic nitrogens is 3. The Kier molecular flexibility index (Phi) is 4.82. The Labute approximate surface area is 177 Å². The average Bonchev–Trinajstić information content (AvgIpc) is 2.74. The maximum absolute atomic E-state index is 6.31. The standard InChI is InChI=1S/C24H29N5O/c1-24(2)9-10-30-21-11-15(7-8-18(21)24)17-14-26-12-16-13-27-23(29-22(16)17)28-20-6-4-3-5-19(20)25/h7-8,11-14,19-20H,3-6,9-10,25H2,1-2H3,(H,27,28,29). The van der Waals surface area contributed by atoms with E-state index in [-0.39, 0.29) is 17.5 Å². The van der Waals surface area contributed by atoms with E-state index < -0.39 is 0 Å². The van der Waals surface area contributed by atoms with Crippen LogP contribution in [-0.2, 0) is 5.41 Å². The van der Waals surface area contributed by atoms with Crippen LogP contribution in [0.25, 0.3) is 22.0 Å². The molecule has 2 aliphatic rings. The number of pyridine rings is 1. The summed E-state index contributed by atoms with van der Waals surface area (Å²) in [5.41, 5.74) is 10.6. The first kappa shape index (κ1) is 19.2. The molecule has 0 spiro atoms. The van der Waals surface area contributed by atoms with Gasteiger partial charge in [0.25, 0.3) is 0 Å². The van der Waals surface area contributed by atoms with Crippen LogP contribution >= 0.6 is 0 Å². The first-order valence-electron chi connectivity index (χ1n) is 10.9. The maximum Gasteiger partial charge on any atom is 0.223 e. The smallest absolute Gasteiger partial charge is 0.223 e. The van der Waals surface area contributed by atoms with Crippen LogP contribution in [-0.4, -0.2) is 33.6 Å². The summed E-state index contributed by atoms with van der Waals surface area (Å²) in [4.78, 5) is 13.8. The molecule has 2 aromatic heterocycles. The predicted molar refractivity (Wildman–Crippen MR) is 120 cm³/mol. The van der Waals surface area contributed by atoms with Crippen molar-refractivity contribution in [1.82, 2.24) is 15.0 Å². The summed E-state index contributed by atoms with van der Waals surface area (Å²) in [6.07, 6.45) is 11.1. The van der Waals surface area contributed by atoms with Crippen molar-refractivity contribution in [3.05, 3.63) is 42.4 Å². The van der Waals surface area contributed by atoms with Gasteiger partial charge in [-0.1, -0.05) is 38.8 Å². The zero-order valence-corrected chi connectivity index (χ0v) is 17.7. The van der Waals surface area contributed by atoms with E-state index in [9.17, 15) is 0 Å². The van der Waals surface area contributed by atoms with E-state index >= 15 is 0 Å². The second-order valence-corrected chi connectivity index (χ2v) is 9.21. The Morgan fingerprint density at radius 2 is 2.00 bits per heavy atom. The summed E-state index contributed by atoms with van der Waals surface area (Å²) in [5.74, 6) is 1.59. The summed E-state index contributed by atoms with van der Waals surface area (Å²) < 4.78 is 5.99. The van der Waals surface area contributed by atoms with Gasteiger partial charge in [0.05, 0.1) is 12.1 Å². The van der Waals surface area contributed by atoms with Gasteiger partial charge in [0.1, 0.15) is 5.75 Å². The zero-order valence-electron chi connectivity index (χ0n) is 17.7. The quantitative estimate of drug-likeness (QED) is 0.673. The van der Waals surface area contributed by atoms with Crippen LogP contribution in [0.15, 0.2) is 36.8 Å². The molecule has 0 saturated heterocycles. The number of benzene rings is 1. The van der Waals surface area contributed by atoms with Gasteiger partial charge in [0.2, 0.25) is 5.95 Å². The summed E-state index contributed by atoms with van der Waals surface area (Å²) in [7, 11) is 0. The molecule has 1 saturated carbocycles. The van der Waals surface area contributed by atoms with Gasteiger partial charge < -0.3 is 15.8 Å². The summed E-state index contributed by atoms with van der Waals surface area (Å²) in [5, 5.41) is 4.39. The second kappa shape index (κ2) is 7.51. The lowest BCUT2D eigenvalue weighted by atomic mass is 9.79. The van der Waals surface area contributed by atoms with E-state index in [4.69, 9.17) is 15.5 Å². The Morgan fingerprint density at radius 3 is 2.87 bits per heavy atom. The third-order valence-electron chi connectivity index (χ3n) is 6.63. The number of ether oxygens (including phenoxy) is 1. The maximum atomic E-state index is 6.31. The van der Waals surface area contributed by atoms with Crippen LogP contribution in [0.5, 0.6) is 5.75 Å². The highest BCUT2D eigenvalue weighted by Gasteiger charge is 2.29. The molecule has 0 bridgehead atoms. The van der Waals surface area contributed by atoms with Crippen molar-refractivity contribution in [1.29, 1.82) is 0 Å². The minimum absolute atomic E-state index is 0.126. The highest BCUT2D eigenvalue weighted by atomic mass is 16.5. The van der Waals surface area contributed by atoms with E-state index in [0.717, 1.165) is 53.6 Å². The normalized spacial score (nSPS) is 22.9. The molecule has 2 unspecified atom stereocenters. The molecule has 3 N–H and O–H groups in total. The van der Waals surface area contributed by atoms with Crippen molar-refractivity contribution in [2.75, 3.05) is 11.9 Å². The van der Waals surface area contributed by atoms with Crippen molar-refractivity contribution in [2.45, 2.75) is 63.5 Å². The monoisotopic (exact) mass is 403 g/mol. The highest BCUT2D eigenvalue weighted by molar-refractivity contribution is 5.93. The van der Waals surface area contributed by atoms with Gasteiger partial charge in [0, 0.05) is 41.6 Å². The Morgan fingerprint density at radius 1 is 1.13 bits per heavy atom. The fourth-order valence-electron chi connectivity index (χ4n) is 4.66. The topological polar surface area (TPSA) is 86.0 Å². The van der Waals surface area contributed by atoms with Gasteiger partial charge in [0.15, 0.2) is 0 Å². The molecule has 156 valence electrons. The van der Waals surface area contributed by atoms with Crippen LogP contribution in [0.4, 0.5) is 5.95 Å². The molecule has 1 aromatic carbocycles. The van der Waals surface area contributed by atoms with Gasteiger partial charge in [-0.25, -0.2) is 9.97 Å². The highest BCUT2D eigenvalue weighted by Crippen LogP contribution is 2.41. The minimum Gasteiger partial charge on any atom is -0.493 e. The predicted octanol–water partition coefficient (Wildman–Crippen LogP) is 4.43. The number of anilines is 1. The van der Waals surface area contributed by atoms with Crippen molar-refractivity contribution >= 4 is 16.9 Å². The number of hydrogen-bond donors (Lipinski definition) is 2. The van der Waals surface area contributed by atoms with Crippen molar-refractivity contribution < 1.29 is 4.74 Å². The number of nitrogens with two attached hydrogens (primary N) is 1. The molecule has 6 nitrogen and oxygen atoms in total. The van der Waals surface area contributed by atoms with Crippen molar-refractivity contribution in [3.63, 3.8) is 0 Å². The van der Waals surface area contributed by atoms with Gasteiger partial charge >= 0.3 is 0 Å². The second-order valence-electron chi connectivity index (χ2n) is 9.21. The van der Waals surface area contributed by atoms with Crippen molar-refractivity contribution in [3.8, 4) is 16.9 Å². The Hall–Kier alpha value is -2.73. The molecule has 3 heterocycles. The molecule has 1 aliphatic heterocycles. The van der Waals surface area contributed by atoms with E-state index in [0.29, 0.717) is 5.95 Å². The van der Waals surface area contributed by atoms with Crippen molar-refractivity contribution in [2.24, 2.45) is 5.73 Å². The van der Waals surface area contributed by atoms with Crippen LogP contribution in [0, 0.1) is 0 Å². The fraction of sp³-hybridized carbons (Fsp3) is 0.458. The number of nitrogens with one attached hydrogen (secondary N) is 1. The fourth-order valence-corrected chi connectivity index (χ4v) is 4.66. The first-order valence-corrected chi connectivity index (χ1v) is 10.9. The van der Waals surface area contributed by atoms with Crippen LogP contribution in [0.2, 0.25) is 0 Å². The lowest BCUT2D eigenvalue weighted by molar-refractivity contribution is 0.234. The van der Waals surface area contributed by atoms with E-state index in [1.54, 1.807) is 0 Å². The molecule has 0 amide bonds. The van der Waals surface area contributed by atoms with Gasteiger partial charge in [-0.15, -0.1) is 0 Å². The molecular weight excluding hydrogens is 374 g/mol. The summed E-state index contributed by atoms with van der Waals surface area (Å²) >= 11 is 0. The molecule has 1 fully saturated rings. The molecule has 2 atom stereocenters. The Bertz CT molecular complexity index is 1080. The third kappa shape index (κ3) is 3.49. The molecule has 30 heavy (non-hydrogen) atoms. The average molecular weight is 404 g/mol. The number of hydrogen-bond acceptors (Lipinski definition) is 6. The largest absolute Gasteiger partial charge is 0.493 e. The molecule has 6 heteroatoms. The SMILES string of the molecule is CC1(C)CCOc2cc(-c3cncc4cnc(NC5CCCCC5N)nc34)ccc21. The van der Waals surface area contributed by atoms with Crippen LogP contribution in [0.1, 0.15) is 51.5 Å². The lowest BCUT2D eigenvalue weighted by Crippen LogP contribution is -2.42. The van der Waals surface area contributed by atoms with Gasteiger partial charge in [-0.3, -0.25) is 4.98 Å². The van der Waals surface area contributed by atoms with E-state index in [1.165, 1.54) is 18.4 Å². The van der Waals surface area contributed by atoms with Gasteiger partial charge in [-0.2, -0.15) is 0 Å². The zero-order chi connectivity index (χ0) is 20.7.